The molecule has 62 heavy (non-hydrogen) atoms. The van der Waals surface area contributed by atoms with Gasteiger partial charge in [0, 0.05) is 12.2 Å². The number of hydrogen-bond acceptors (Lipinski definition) is 18. The normalized spacial score (nSPS) is 15.7. The van der Waals surface area contributed by atoms with E-state index in [0.29, 0.717) is 0 Å². The van der Waals surface area contributed by atoms with Crippen molar-refractivity contribution in [3.05, 3.63) is 0 Å². The summed E-state index contributed by atoms with van der Waals surface area (Å²) in [6.07, 6.45) is -6.42. The molecule has 0 saturated carbocycles. The molecule has 30 heteroatoms. The second-order valence-corrected chi connectivity index (χ2v) is 13.7. The summed E-state index contributed by atoms with van der Waals surface area (Å²) in [4.78, 5) is 149. The van der Waals surface area contributed by atoms with Gasteiger partial charge in [-0.1, -0.05) is 0 Å². The van der Waals surface area contributed by atoms with Crippen LogP contribution in [0.1, 0.15) is 39.5 Å². The first-order valence-electron chi connectivity index (χ1n) is 18.1. The third kappa shape index (κ3) is 20.4. The van der Waals surface area contributed by atoms with Gasteiger partial charge in [0.25, 0.3) is 0 Å². The average Bonchev–Trinajstić information content (AvgIpc) is 3.18. The SMILES string of the molecule is C[C@@H](O)[C@H](N)C(=O)N[C@@H](CO)C(=O)N[C@@H](CC(N)=O)C(=O)N[C@@H](CO)C(=O)N[C@@H](CCC(=O)O)C(=O)N[C@@H](CC(N)=O)C(=O)NCC(=O)N[C@H](C(=O)N[C@@H](CS)C(=O)O)[C@@H](C)O. The molecule has 0 aliphatic rings. The Balaban J connectivity index is 6.07. The first-order chi connectivity index (χ1) is 28.8. The van der Waals surface area contributed by atoms with Crippen molar-refractivity contribution in [2.75, 3.05) is 25.5 Å². The Bertz CT molecular complexity index is 1670. The Morgan fingerprint density at radius 3 is 1.35 bits per heavy atom. The molecule has 0 saturated heterocycles. The van der Waals surface area contributed by atoms with E-state index < -0.39 is 177 Å². The minimum atomic E-state index is -2.02. The van der Waals surface area contributed by atoms with Crippen LogP contribution in [0.15, 0.2) is 0 Å². The van der Waals surface area contributed by atoms with Gasteiger partial charge in [-0.2, -0.15) is 12.6 Å². The van der Waals surface area contributed by atoms with Crippen LogP contribution in [-0.4, -0.2) is 188 Å². The van der Waals surface area contributed by atoms with Gasteiger partial charge in [-0.15, -0.1) is 0 Å². The molecule has 0 rings (SSSR count). The van der Waals surface area contributed by atoms with E-state index in [-0.39, 0.29) is 5.75 Å². The fraction of sp³-hybridized carbons (Fsp3) is 0.625. The third-order valence-electron chi connectivity index (χ3n) is 8.11. The summed E-state index contributed by atoms with van der Waals surface area (Å²) in [7, 11) is 0. The zero-order valence-corrected chi connectivity index (χ0v) is 34.1. The predicted molar refractivity (Wildman–Crippen MR) is 208 cm³/mol. The molecular weight excluding hydrogens is 858 g/mol. The van der Waals surface area contributed by atoms with Crippen molar-refractivity contribution in [2.24, 2.45) is 17.2 Å². The zero-order valence-electron chi connectivity index (χ0n) is 33.2. The highest BCUT2D eigenvalue weighted by Crippen LogP contribution is 2.04. The van der Waals surface area contributed by atoms with Crippen LogP contribution in [0.3, 0.4) is 0 Å². The van der Waals surface area contributed by atoms with Gasteiger partial charge in [-0.25, -0.2) is 4.79 Å². The van der Waals surface area contributed by atoms with Gasteiger partial charge < -0.3 is 90.4 Å². The Morgan fingerprint density at radius 2 is 0.952 bits per heavy atom. The summed E-state index contributed by atoms with van der Waals surface area (Å²) in [5.74, 6) is -15.7. The maximum absolute atomic E-state index is 13.3. The highest BCUT2D eigenvalue weighted by molar-refractivity contribution is 7.80. The fourth-order valence-corrected chi connectivity index (χ4v) is 4.94. The Labute approximate surface area is 356 Å². The van der Waals surface area contributed by atoms with Crippen LogP contribution in [0.2, 0.25) is 0 Å². The summed E-state index contributed by atoms with van der Waals surface area (Å²) in [6.45, 7) is -1.06. The molecule has 29 nitrogen and oxygen atoms in total. The smallest absolute Gasteiger partial charge is 0.327 e. The quantitative estimate of drug-likeness (QED) is 0.0310. The van der Waals surface area contributed by atoms with Gasteiger partial charge in [-0.3, -0.25) is 52.7 Å². The molecule has 0 unspecified atom stereocenters. The van der Waals surface area contributed by atoms with Crippen molar-refractivity contribution >= 4 is 83.6 Å². The Morgan fingerprint density at radius 1 is 0.548 bits per heavy atom. The number of carbonyl (C=O) groups excluding carboxylic acids is 10. The molecule has 0 fully saturated rings. The first kappa shape index (κ1) is 55.8. The molecule has 10 amide bonds. The number of carboxylic acids is 2. The van der Waals surface area contributed by atoms with Crippen molar-refractivity contribution in [1.82, 2.24) is 42.5 Å². The number of rotatable bonds is 29. The molecule has 10 atom stereocenters. The monoisotopic (exact) mass is 911 g/mol. The molecule has 0 bridgehead atoms. The molecule has 20 N–H and O–H groups in total. The zero-order chi connectivity index (χ0) is 48.0. The number of carboxylic acid groups (broad SMARTS) is 2. The number of amides is 10. The predicted octanol–water partition coefficient (Wildman–Crippen LogP) is -10.8. The minimum absolute atomic E-state index is 0.356. The third-order valence-corrected chi connectivity index (χ3v) is 8.48. The molecule has 350 valence electrons. The van der Waals surface area contributed by atoms with E-state index in [2.05, 4.69) is 17.9 Å². The summed E-state index contributed by atoms with van der Waals surface area (Å²) in [5, 5.41) is 73.6. The van der Waals surface area contributed by atoms with E-state index in [1.54, 1.807) is 0 Å². The van der Waals surface area contributed by atoms with Gasteiger partial charge >= 0.3 is 11.9 Å². The van der Waals surface area contributed by atoms with Crippen LogP contribution < -0.4 is 59.7 Å². The van der Waals surface area contributed by atoms with Crippen molar-refractivity contribution in [3.63, 3.8) is 0 Å². The minimum Gasteiger partial charge on any atom is -0.481 e. The van der Waals surface area contributed by atoms with Gasteiger partial charge in [-0.05, 0) is 20.3 Å². The second-order valence-electron chi connectivity index (χ2n) is 13.3. The van der Waals surface area contributed by atoms with Crippen LogP contribution in [0, 0.1) is 0 Å². The second kappa shape index (κ2) is 27.6. The number of primary amides is 2. The van der Waals surface area contributed by atoms with Crippen LogP contribution >= 0.6 is 12.6 Å². The lowest BCUT2D eigenvalue weighted by atomic mass is 10.1. The maximum Gasteiger partial charge on any atom is 0.327 e. The topological polar surface area (TPSA) is 501 Å². The standard InChI is InChI=1S/C32H53N11O18S/c1-11(46)23(35)30(58)41-17(9-45)29(57)39-15(6-20(34)49)27(55)40-16(8-44)28(56)37-13(3-4-22(51)52)26(54)38-14(5-19(33)48)25(53)36-7-21(50)43-24(12(2)47)31(59)42-18(10-62)32(60)61/h11-18,23-24,44-47,62H,3-10,35H2,1-2H3,(H2,33,48)(H2,34,49)(H,36,53)(H,37,56)(H,38,54)(H,39,57)(H,40,55)(H,41,58)(H,42,59)(H,43,50)(H,51,52)(H,60,61)/t11-,12-,13+,14+,15+,16+,17+,18+,23+,24+/m1/s1. The molecule has 0 spiro atoms. The molecule has 0 aromatic heterocycles. The number of hydrogen-bond donors (Lipinski definition) is 18. The van der Waals surface area contributed by atoms with E-state index in [4.69, 9.17) is 22.3 Å². The highest BCUT2D eigenvalue weighted by atomic mass is 32.1. The van der Waals surface area contributed by atoms with E-state index >= 15 is 0 Å². The number of nitrogens with one attached hydrogen (secondary N) is 8. The van der Waals surface area contributed by atoms with Gasteiger partial charge in [0.05, 0.1) is 44.8 Å². The Kier molecular flexibility index (Phi) is 24.8. The van der Waals surface area contributed by atoms with Crippen molar-refractivity contribution < 1.29 is 88.2 Å². The molecule has 0 aromatic carbocycles. The number of thiol groups is 1. The lowest BCUT2D eigenvalue weighted by Crippen LogP contribution is -2.61. The number of nitrogens with two attached hydrogens (primary N) is 3. The van der Waals surface area contributed by atoms with Gasteiger partial charge in [0.1, 0.15) is 48.3 Å². The summed E-state index contributed by atoms with van der Waals surface area (Å²) >= 11 is 3.79. The molecule has 0 aromatic rings. The molecular formula is C32H53N11O18S. The molecule has 0 heterocycles. The van der Waals surface area contributed by atoms with Crippen molar-refractivity contribution in [3.8, 4) is 0 Å². The van der Waals surface area contributed by atoms with Crippen LogP contribution in [0.4, 0.5) is 0 Å². The van der Waals surface area contributed by atoms with E-state index in [1.807, 2.05) is 37.2 Å². The van der Waals surface area contributed by atoms with E-state index in [0.717, 1.165) is 13.8 Å². The lowest BCUT2D eigenvalue weighted by Gasteiger charge is -2.26. The highest BCUT2D eigenvalue weighted by Gasteiger charge is 2.35. The number of carbonyl (C=O) groups is 12. The Hall–Kier alpha value is -6.21. The number of aliphatic hydroxyl groups is 4. The summed E-state index contributed by atoms with van der Waals surface area (Å²) in [6, 6.07) is -14.3. The van der Waals surface area contributed by atoms with E-state index in [9.17, 15) is 83.1 Å². The van der Waals surface area contributed by atoms with Crippen molar-refractivity contribution in [1.29, 1.82) is 0 Å². The van der Waals surface area contributed by atoms with Gasteiger partial charge in [0.2, 0.25) is 59.1 Å². The number of aliphatic carboxylic acids is 2. The maximum atomic E-state index is 13.3. The van der Waals surface area contributed by atoms with Crippen LogP contribution in [0.25, 0.3) is 0 Å². The lowest BCUT2D eigenvalue weighted by molar-refractivity contribution is -0.142. The van der Waals surface area contributed by atoms with Crippen molar-refractivity contribution in [2.45, 2.75) is 100 Å². The van der Waals surface area contributed by atoms with E-state index in [1.165, 1.54) is 0 Å². The molecule has 0 aliphatic heterocycles. The molecule has 0 aliphatic carbocycles. The van der Waals surface area contributed by atoms with Crippen LogP contribution in [-0.2, 0) is 57.5 Å². The van der Waals surface area contributed by atoms with Gasteiger partial charge in [0.15, 0.2) is 0 Å². The summed E-state index contributed by atoms with van der Waals surface area (Å²) in [5.41, 5.74) is 15.9. The van der Waals surface area contributed by atoms with Crippen LogP contribution in [0.5, 0.6) is 0 Å². The largest absolute Gasteiger partial charge is 0.481 e. The average molecular weight is 912 g/mol. The fourth-order valence-electron chi connectivity index (χ4n) is 4.69. The summed E-state index contributed by atoms with van der Waals surface area (Å²) < 4.78 is 0. The first-order valence-corrected chi connectivity index (χ1v) is 18.8. The number of aliphatic hydroxyl groups excluding tert-OH is 4. The molecule has 0 radical (unpaired) electrons.